The predicted molar refractivity (Wildman–Crippen MR) is 91.6 cm³/mol. The average molecular weight is 316 g/mol. The lowest BCUT2D eigenvalue weighted by Gasteiger charge is -2.41. The third kappa shape index (κ3) is 3.78. The summed E-state index contributed by atoms with van der Waals surface area (Å²) in [6, 6.07) is 8.55. The molecular weight excluding hydrogens is 288 g/mol. The molecule has 0 radical (unpaired) electrons. The fourth-order valence-corrected chi connectivity index (χ4v) is 4.21. The van der Waals surface area contributed by atoms with Crippen LogP contribution in [-0.2, 0) is 15.9 Å². The lowest BCUT2D eigenvalue weighted by atomic mass is 9.65. The molecule has 1 aromatic carbocycles. The molecule has 3 rings (SSSR count). The quantitative estimate of drug-likeness (QED) is 0.576. The molecule has 0 N–H and O–H groups in total. The highest BCUT2D eigenvalue weighted by Gasteiger charge is 2.42. The zero-order chi connectivity index (χ0) is 16.1. The SMILES string of the molecule is COCOC1CCC2(C=CC[C@@H]2Cc2ccc(OC)cc2)CC1. The van der Waals surface area contributed by atoms with Gasteiger partial charge in [0.1, 0.15) is 12.5 Å². The van der Waals surface area contributed by atoms with Gasteiger partial charge in [-0.05, 0) is 67.6 Å². The molecule has 0 saturated heterocycles. The molecule has 2 aliphatic rings. The van der Waals surface area contributed by atoms with Crippen LogP contribution in [0.4, 0.5) is 0 Å². The van der Waals surface area contributed by atoms with E-state index in [-0.39, 0.29) is 0 Å². The van der Waals surface area contributed by atoms with Crippen LogP contribution in [0.1, 0.15) is 37.7 Å². The summed E-state index contributed by atoms with van der Waals surface area (Å²) in [6.45, 7) is 0.419. The first-order chi connectivity index (χ1) is 11.3. The monoisotopic (exact) mass is 316 g/mol. The minimum Gasteiger partial charge on any atom is -0.497 e. The van der Waals surface area contributed by atoms with Crippen LogP contribution in [0.5, 0.6) is 5.75 Å². The van der Waals surface area contributed by atoms with E-state index in [0.29, 0.717) is 18.3 Å². The average Bonchev–Trinajstić information content (AvgIpc) is 2.97. The van der Waals surface area contributed by atoms with Crippen molar-refractivity contribution in [2.24, 2.45) is 11.3 Å². The van der Waals surface area contributed by atoms with Gasteiger partial charge in [-0.1, -0.05) is 24.3 Å². The first-order valence-corrected chi connectivity index (χ1v) is 8.67. The summed E-state index contributed by atoms with van der Waals surface area (Å²) >= 11 is 0. The Balaban J connectivity index is 1.60. The Bertz CT molecular complexity index is 512. The van der Waals surface area contributed by atoms with Gasteiger partial charge in [-0.15, -0.1) is 0 Å². The van der Waals surface area contributed by atoms with Gasteiger partial charge >= 0.3 is 0 Å². The molecule has 1 atom stereocenters. The van der Waals surface area contributed by atoms with Gasteiger partial charge in [0, 0.05) is 7.11 Å². The molecule has 1 saturated carbocycles. The second-order valence-corrected chi connectivity index (χ2v) is 6.89. The van der Waals surface area contributed by atoms with Gasteiger partial charge < -0.3 is 14.2 Å². The third-order valence-corrected chi connectivity index (χ3v) is 5.61. The topological polar surface area (TPSA) is 27.7 Å². The number of ether oxygens (including phenoxy) is 3. The van der Waals surface area contributed by atoms with E-state index in [1.807, 2.05) is 0 Å². The molecular formula is C20H28O3. The molecule has 0 unspecified atom stereocenters. The van der Waals surface area contributed by atoms with Crippen LogP contribution in [-0.4, -0.2) is 27.1 Å². The Kier molecular flexibility index (Phi) is 5.39. The number of allylic oxidation sites excluding steroid dienone is 2. The van der Waals surface area contributed by atoms with Gasteiger partial charge in [-0.3, -0.25) is 0 Å². The first-order valence-electron chi connectivity index (χ1n) is 8.67. The molecule has 0 amide bonds. The standard InChI is InChI=1S/C20H28O3/c1-21-15-23-19-9-12-20(13-10-19)11-3-4-17(20)14-16-5-7-18(22-2)8-6-16/h3,5-8,11,17,19H,4,9-10,12-15H2,1-2H3/t17-,19?,20?/m1/s1. The lowest BCUT2D eigenvalue weighted by molar-refractivity contribution is -0.0927. The van der Waals surface area contributed by atoms with Crippen molar-refractivity contribution >= 4 is 0 Å². The third-order valence-electron chi connectivity index (χ3n) is 5.61. The van der Waals surface area contributed by atoms with E-state index in [4.69, 9.17) is 14.2 Å². The van der Waals surface area contributed by atoms with Gasteiger partial charge in [-0.25, -0.2) is 0 Å². The van der Waals surface area contributed by atoms with Crippen LogP contribution < -0.4 is 4.74 Å². The summed E-state index contributed by atoms with van der Waals surface area (Å²) in [6.07, 6.45) is 12.4. The molecule has 0 bridgehead atoms. The van der Waals surface area contributed by atoms with E-state index in [2.05, 4.69) is 36.4 Å². The predicted octanol–water partition coefficient (Wildman–Crippen LogP) is 4.36. The summed E-state index contributed by atoms with van der Waals surface area (Å²) in [5.74, 6) is 1.66. The van der Waals surface area contributed by atoms with Crippen LogP contribution in [0.25, 0.3) is 0 Å². The van der Waals surface area contributed by atoms with E-state index >= 15 is 0 Å². The summed E-state index contributed by atoms with van der Waals surface area (Å²) in [4.78, 5) is 0. The molecule has 1 fully saturated rings. The van der Waals surface area contributed by atoms with E-state index in [0.717, 1.165) is 30.9 Å². The molecule has 3 nitrogen and oxygen atoms in total. The van der Waals surface area contributed by atoms with Crippen molar-refractivity contribution in [1.82, 2.24) is 0 Å². The molecule has 3 heteroatoms. The Morgan fingerprint density at radius 1 is 1.09 bits per heavy atom. The second kappa shape index (κ2) is 7.50. The first kappa shape index (κ1) is 16.5. The number of hydrogen-bond donors (Lipinski definition) is 0. The van der Waals surface area contributed by atoms with Crippen LogP contribution >= 0.6 is 0 Å². The highest BCUT2D eigenvalue weighted by Crippen LogP contribution is 2.50. The van der Waals surface area contributed by atoms with Crippen molar-refractivity contribution in [3.05, 3.63) is 42.0 Å². The normalized spacial score (nSPS) is 30.0. The van der Waals surface area contributed by atoms with E-state index in [1.54, 1.807) is 14.2 Å². The molecule has 1 spiro atoms. The summed E-state index contributed by atoms with van der Waals surface area (Å²) < 4.78 is 16.0. The van der Waals surface area contributed by atoms with E-state index in [9.17, 15) is 0 Å². The van der Waals surface area contributed by atoms with Crippen molar-refractivity contribution in [2.75, 3.05) is 21.0 Å². The molecule has 126 valence electrons. The minimum absolute atomic E-state index is 0.371. The summed E-state index contributed by atoms with van der Waals surface area (Å²) in [7, 11) is 3.41. The fourth-order valence-electron chi connectivity index (χ4n) is 4.21. The number of hydrogen-bond acceptors (Lipinski definition) is 3. The van der Waals surface area contributed by atoms with Gasteiger partial charge in [0.2, 0.25) is 0 Å². The van der Waals surface area contributed by atoms with Crippen LogP contribution in [0.3, 0.4) is 0 Å². The Labute approximate surface area is 139 Å². The fraction of sp³-hybridized carbons (Fsp3) is 0.600. The van der Waals surface area contributed by atoms with Crippen LogP contribution in [0.2, 0.25) is 0 Å². The van der Waals surface area contributed by atoms with Gasteiger partial charge in [0.25, 0.3) is 0 Å². The largest absolute Gasteiger partial charge is 0.497 e. The second-order valence-electron chi connectivity index (χ2n) is 6.89. The van der Waals surface area contributed by atoms with E-state index < -0.39 is 0 Å². The Morgan fingerprint density at radius 2 is 1.83 bits per heavy atom. The van der Waals surface area contributed by atoms with Crippen LogP contribution in [0, 0.1) is 11.3 Å². The molecule has 1 aromatic rings. The zero-order valence-electron chi connectivity index (χ0n) is 14.3. The Morgan fingerprint density at radius 3 is 2.48 bits per heavy atom. The van der Waals surface area contributed by atoms with Crippen molar-refractivity contribution in [2.45, 2.75) is 44.6 Å². The van der Waals surface area contributed by atoms with Crippen molar-refractivity contribution in [1.29, 1.82) is 0 Å². The van der Waals surface area contributed by atoms with Crippen molar-refractivity contribution < 1.29 is 14.2 Å². The lowest BCUT2D eigenvalue weighted by Crippen LogP contribution is -2.34. The summed E-state index contributed by atoms with van der Waals surface area (Å²) in [5, 5.41) is 0. The number of benzene rings is 1. The molecule has 0 aromatic heterocycles. The van der Waals surface area contributed by atoms with Gasteiger partial charge in [0.15, 0.2) is 0 Å². The zero-order valence-corrected chi connectivity index (χ0v) is 14.3. The summed E-state index contributed by atoms with van der Waals surface area (Å²) in [5.41, 5.74) is 1.80. The highest BCUT2D eigenvalue weighted by molar-refractivity contribution is 5.28. The molecule has 23 heavy (non-hydrogen) atoms. The Hall–Kier alpha value is -1.32. The maximum Gasteiger partial charge on any atom is 0.146 e. The van der Waals surface area contributed by atoms with Gasteiger partial charge in [-0.2, -0.15) is 0 Å². The maximum absolute atomic E-state index is 5.75. The van der Waals surface area contributed by atoms with E-state index in [1.165, 1.54) is 24.8 Å². The molecule has 0 heterocycles. The van der Waals surface area contributed by atoms with Crippen LogP contribution in [0.15, 0.2) is 36.4 Å². The van der Waals surface area contributed by atoms with Crippen molar-refractivity contribution in [3.63, 3.8) is 0 Å². The number of rotatable bonds is 6. The number of methoxy groups -OCH3 is 2. The minimum atomic E-state index is 0.371. The van der Waals surface area contributed by atoms with Gasteiger partial charge in [0.05, 0.1) is 13.2 Å². The van der Waals surface area contributed by atoms with Crippen molar-refractivity contribution in [3.8, 4) is 5.75 Å². The highest BCUT2D eigenvalue weighted by atomic mass is 16.7. The molecule has 2 aliphatic carbocycles. The smallest absolute Gasteiger partial charge is 0.146 e. The molecule has 0 aliphatic heterocycles. The maximum atomic E-state index is 5.75.